The molecule has 0 fully saturated rings. The topological polar surface area (TPSA) is 57.6 Å². The number of aliphatic hydroxyl groups is 1. The molecule has 0 heterocycles. The molecule has 0 atom stereocenters. The maximum absolute atomic E-state index is 12.0. The number of hydrogen-bond acceptors (Lipinski definition) is 4. The lowest BCUT2D eigenvalue weighted by molar-refractivity contribution is 0.303. The van der Waals surface area contributed by atoms with Crippen molar-refractivity contribution >= 4 is 15.5 Å². The second kappa shape index (κ2) is 6.56. The molecule has 0 aliphatic rings. The minimum atomic E-state index is -3.27. The zero-order valence-corrected chi connectivity index (χ0v) is 11.4. The lowest BCUT2D eigenvalue weighted by atomic mass is 10.3. The van der Waals surface area contributed by atoms with Crippen molar-refractivity contribution in [2.75, 3.05) is 30.3 Å². The van der Waals surface area contributed by atoms with Crippen molar-refractivity contribution in [2.45, 2.75) is 11.8 Å². The van der Waals surface area contributed by atoms with Crippen LogP contribution in [0.5, 0.6) is 0 Å². The molecule has 0 amide bonds. The number of aliphatic hydroxyl groups excluding tert-OH is 1. The highest BCUT2D eigenvalue weighted by Gasteiger charge is 2.19. The molecule has 0 aromatic heterocycles. The summed E-state index contributed by atoms with van der Waals surface area (Å²) in [5.74, 6) is 0.0606. The van der Waals surface area contributed by atoms with Gasteiger partial charge in [0.1, 0.15) is 0 Å². The quantitative estimate of drug-likeness (QED) is 0.761. The predicted molar refractivity (Wildman–Crippen MR) is 73.7 cm³/mol. The molecule has 0 aliphatic carbocycles. The summed E-state index contributed by atoms with van der Waals surface area (Å²) in [7, 11) is -3.27. The molecule has 5 heteroatoms. The number of benzene rings is 1. The number of anilines is 1. The lowest BCUT2D eigenvalue weighted by Crippen LogP contribution is -2.28. The van der Waals surface area contributed by atoms with Gasteiger partial charge in [-0.3, -0.25) is 0 Å². The van der Waals surface area contributed by atoms with Crippen LogP contribution >= 0.6 is 0 Å². The van der Waals surface area contributed by atoms with E-state index in [0.717, 1.165) is 0 Å². The first-order valence-electron chi connectivity index (χ1n) is 5.85. The molecule has 0 aliphatic heterocycles. The Kier molecular flexibility index (Phi) is 5.37. The Balaban J connectivity index is 3.26. The van der Waals surface area contributed by atoms with Gasteiger partial charge in [-0.25, -0.2) is 8.42 Å². The SMILES string of the molecule is C=CCN(CCO)c1ccccc1S(=O)(=O)CC. The van der Waals surface area contributed by atoms with E-state index >= 15 is 0 Å². The highest BCUT2D eigenvalue weighted by Crippen LogP contribution is 2.25. The van der Waals surface area contributed by atoms with E-state index in [2.05, 4.69) is 6.58 Å². The van der Waals surface area contributed by atoms with Crippen LogP contribution in [0.4, 0.5) is 5.69 Å². The van der Waals surface area contributed by atoms with E-state index in [1.54, 1.807) is 42.2 Å². The van der Waals surface area contributed by atoms with Crippen molar-refractivity contribution in [3.63, 3.8) is 0 Å². The third-order valence-corrected chi connectivity index (χ3v) is 4.42. The van der Waals surface area contributed by atoms with Crippen LogP contribution in [0.1, 0.15) is 6.92 Å². The van der Waals surface area contributed by atoms with Gasteiger partial charge in [0.05, 0.1) is 22.9 Å². The fourth-order valence-electron chi connectivity index (χ4n) is 1.72. The van der Waals surface area contributed by atoms with E-state index in [9.17, 15) is 8.42 Å². The maximum atomic E-state index is 12.0. The van der Waals surface area contributed by atoms with Crippen LogP contribution in [0.3, 0.4) is 0 Å². The Morgan fingerprint density at radius 1 is 1.39 bits per heavy atom. The van der Waals surface area contributed by atoms with Crippen LogP contribution in [0.25, 0.3) is 0 Å². The van der Waals surface area contributed by atoms with Gasteiger partial charge < -0.3 is 10.0 Å². The summed E-state index contributed by atoms with van der Waals surface area (Å²) in [5, 5.41) is 9.05. The van der Waals surface area contributed by atoms with E-state index in [4.69, 9.17) is 5.11 Å². The van der Waals surface area contributed by atoms with E-state index in [-0.39, 0.29) is 12.4 Å². The number of sulfone groups is 1. The molecule has 0 radical (unpaired) electrons. The Morgan fingerprint density at radius 2 is 2.06 bits per heavy atom. The summed E-state index contributed by atoms with van der Waals surface area (Å²) >= 11 is 0. The molecular formula is C13H19NO3S. The summed E-state index contributed by atoms with van der Waals surface area (Å²) < 4.78 is 24.0. The van der Waals surface area contributed by atoms with Crippen molar-refractivity contribution in [3.8, 4) is 0 Å². The van der Waals surface area contributed by atoms with Crippen LogP contribution in [-0.4, -0.2) is 39.0 Å². The first-order chi connectivity index (χ1) is 8.56. The van der Waals surface area contributed by atoms with Crippen LogP contribution in [0, 0.1) is 0 Å². The second-order valence-electron chi connectivity index (χ2n) is 3.83. The Hall–Kier alpha value is -1.33. The normalized spacial score (nSPS) is 11.2. The molecule has 1 aromatic rings. The number of nitrogens with zero attached hydrogens (tertiary/aromatic N) is 1. The molecule has 1 aromatic carbocycles. The summed E-state index contributed by atoms with van der Waals surface area (Å²) in [6.07, 6.45) is 1.69. The van der Waals surface area contributed by atoms with Gasteiger partial charge in [0.15, 0.2) is 9.84 Å². The average Bonchev–Trinajstić information content (AvgIpc) is 2.38. The molecule has 0 saturated carbocycles. The highest BCUT2D eigenvalue weighted by molar-refractivity contribution is 7.91. The van der Waals surface area contributed by atoms with Gasteiger partial charge in [0, 0.05) is 13.1 Å². The molecule has 1 rings (SSSR count). The van der Waals surface area contributed by atoms with Crippen LogP contribution in [-0.2, 0) is 9.84 Å². The van der Waals surface area contributed by atoms with E-state index < -0.39 is 9.84 Å². The van der Waals surface area contributed by atoms with Gasteiger partial charge in [-0.15, -0.1) is 6.58 Å². The van der Waals surface area contributed by atoms with E-state index in [0.29, 0.717) is 23.7 Å². The number of rotatable bonds is 7. The van der Waals surface area contributed by atoms with Crippen molar-refractivity contribution in [3.05, 3.63) is 36.9 Å². The van der Waals surface area contributed by atoms with Gasteiger partial charge in [0.2, 0.25) is 0 Å². The van der Waals surface area contributed by atoms with Gasteiger partial charge >= 0.3 is 0 Å². The molecule has 0 unspecified atom stereocenters. The van der Waals surface area contributed by atoms with Crippen molar-refractivity contribution in [1.29, 1.82) is 0 Å². The monoisotopic (exact) mass is 269 g/mol. The average molecular weight is 269 g/mol. The first-order valence-corrected chi connectivity index (χ1v) is 7.50. The van der Waals surface area contributed by atoms with Crippen molar-refractivity contribution < 1.29 is 13.5 Å². The van der Waals surface area contributed by atoms with E-state index in [1.807, 2.05) is 0 Å². The fourth-order valence-corrected chi connectivity index (χ4v) is 2.84. The Morgan fingerprint density at radius 3 is 2.61 bits per heavy atom. The maximum Gasteiger partial charge on any atom is 0.180 e. The van der Waals surface area contributed by atoms with Crippen molar-refractivity contribution in [1.82, 2.24) is 0 Å². The van der Waals surface area contributed by atoms with Crippen LogP contribution in [0.15, 0.2) is 41.8 Å². The second-order valence-corrected chi connectivity index (χ2v) is 6.08. The van der Waals surface area contributed by atoms with Gasteiger partial charge in [-0.2, -0.15) is 0 Å². The fraction of sp³-hybridized carbons (Fsp3) is 0.385. The number of para-hydroxylation sites is 1. The number of hydrogen-bond donors (Lipinski definition) is 1. The largest absolute Gasteiger partial charge is 0.395 e. The Labute approximate surface area is 108 Å². The third-order valence-electron chi connectivity index (χ3n) is 2.64. The molecule has 0 saturated heterocycles. The van der Waals surface area contributed by atoms with Gasteiger partial charge in [-0.05, 0) is 12.1 Å². The minimum absolute atomic E-state index is 0.0334. The zero-order chi connectivity index (χ0) is 13.6. The minimum Gasteiger partial charge on any atom is -0.395 e. The molecule has 4 nitrogen and oxygen atoms in total. The Bertz CT molecular complexity index is 497. The van der Waals surface area contributed by atoms with Gasteiger partial charge in [-0.1, -0.05) is 25.1 Å². The molecule has 0 spiro atoms. The van der Waals surface area contributed by atoms with Crippen LogP contribution in [0.2, 0.25) is 0 Å². The van der Waals surface area contributed by atoms with Gasteiger partial charge in [0.25, 0.3) is 0 Å². The van der Waals surface area contributed by atoms with E-state index in [1.165, 1.54) is 0 Å². The molecule has 18 heavy (non-hydrogen) atoms. The zero-order valence-electron chi connectivity index (χ0n) is 10.5. The molecule has 1 N–H and O–H groups in total. The summed E-state index contributed by atoms with van der Waals surface area (Å²) in [4.78, 5) is 2.11. The first kappa shape index (κ1) is 14.7. The summed E-state index contributed by atoms with van der Waals surface area (Å²) in [6.45, 7) is 6.11. The molecular weight excluding hydrogens is 250 g/mol. The molecule has 0 bridgehead atoms. The summed E-state index contributed by atoms with van der Waals surface area (Å²) in [5.41, 5.74) is 0.619. The lowest BCUT2D eigenvalue weighted by Gasteiger charge is -2.24. The molecule has 100 valence electrons. The smallest absolute Gasteiger partial charge is 0.180 e. The standard InChI is InChI=1S/C13H19NO3S/c1-3-9-14(10-11-15)12-7-5-6-8-13(12)18(16,17)4-2/h3,5-8,15H,1,4,9-11H2,2H3. The third kappa shape index (κ3) is 3.34. The predicted octanol–water partition coefficient (Wildman–Crippen LogP) is 1.46. The van der Waals surface area contributed by atoms with Crippen molar-refractivity contribution in [2.24, 2.45) is 0 Å². The summed E-state index contributed by atoms with van der Waals surface area (Å²) in [6, 6.07) is 6.85. The van der Waals surface area contributed by atoms with Crippen LogP contribution < -0.4 is 4.90 Å². The highest BCUT2D eigenvalue weighted by atomic mass is 32.2.